The molecule has 0 radical (unpaired) electrons. The number of Topliss-reactive ketones (excluding diaryl/α,β-unsaturated/α-hetero) is 6. The van der Waals surface area contributed by atoms with Gasteiger partial charge in [0.15, 0.2) is 40.5 Å². The third-order valence-electron chi connectivity index (χ3n) is 23.6. The highest BCUT2D eigenvalue weighted by Gasteiger charge is 2.57. The highest BCUT2D eigenvalue weighted by Crippen LogP contribution is 2.52. The molecule has 144 heavy (non-hydrogen) atoms. The van der Waals surface area contributed by atoms with Gasteiger partial charge in [-0.25, -0.2) is 29.6 Å². The number of hydrogen-bond acceptors (Lipinski definition) is 29. The molecule has 4 fully saturated rings. The van der Waals surface area contributed by atoms with Crippen LogP contribution in [0.15, 0.2) is 219 Å². The number of rotatable bonds is 41. The minimum absolute atomic E-state index is 0.0911. The number of methoxy groups -OCH3 is 3. The van der Waals surface area contributed by atoms with E-state index in [-0.39, 0.29) is 157 Å². The van der Waals surface area contributed by atoms with Gasteiger partial charge >= 0.3 is 6.18 Å². The Kier molecular flexibility index (Phi) is 37.3. The Morgan fingerprint density at radius 3 is 0.896 bits per heavy atom. The third-order valence-corrected chi connectivity index (χ3v) is 23.6. The number of ketones is 6. The molecule has 7 N–H and O–H groups in total. The number of carbonyl (C=O) groups is 10. The van der Waals surface area contributed by atoms with Gasteiger partial charge in [0, 0.05) is 110 Å². The predicted molar refractivity (Wildman–Crippen MR) is 509 cm³/mol. The number of benzene rings is 9. The Hall–Kier alpha value is -14.4. The number of fused-ring (bicyclic) bond motifs is 3. The van der Waals surface area contributed by atoms with Gasteiger partial charge < -0.3 is 58.3 Å². The van der Waals surface area contributed by atoms with Crippen LogP contribution in [0.5, 0.6) is 51.7 Å². The summed E-state index contributed by atoms with van der Waals surface area (Å²) in [7, 11) is 4.28. The molecule has 3 aliphatic carbocycles. The van der Waals surface area contributed by atoms with E-state index in [2.05, 4.69) is 31.4 Å². The summed E-state index contributed by atoms with van der Waals surface area (Å²) in [5.41, 5.74) is 10.3. The summed E-state index contributed by atoms with van der Waals surface area (Å²) in [4.78, 5) is 154. The van der Waals surface area contributed by atoms with Crippen LogP contribution in [0.1, 0.15) is 117 Å². The number of aliphatic hydroxyl groups is 4. The highest BCUT2D eigenvalue weighted by molar-refractivity contribution is 7.93. The second kappa shape index (κ2) is 49.5. The molecule has 9 aromatic carbocycles. The van der Waals surface area contributed by atoms with Crippen LogP contribution < -0.4 is 44.9 Å². The van der Waals surface area contributed by atoms with E-state index in [0.717, 1.165) is 16.7 Å². The molecule has 16 rings (SSSR count). The molecule has 3 amide bonds. The molecule has 4 aliphatic rings. The number of ether oxygens (including phenoxy) is 8. The van der Waals surface area contributed by atoms with E-state index in [9.17, 15) is 83.6 Å². The topological polar surface area (TPSA) is 428 Å². The van der Waals surface area contributed by atoms with Crippen molar-refractivity contribution in [3.63, 3.8) is 0 Å². The molecule has 3 unspecified atom stereocenters. The normalized spacial score (nSPS) is 15.0. The molecular weight excluding hydrogens is 1910 g/mol. The zero-order valence-corrected chi connectivity index (χ0v) is 79.4. The van der Waals surface area contributed by atoms with Crippen molar-refractivity contribution in [3.05, 3.63) is 286 Å². The van der Waals surface area contributed by atoms with Gasteiger partial charge in [-0.2, -0.15) is 17.1 Å². The monoisotopic (exact) mass is 2010 g/mol. The summed E-state index contributed by atoms with van der Waals surface area (Å²) >= 11 is 0.250. The quantitative estimate of drug-likeness (QED) is 0.00810. The van der Waals surface area contributed by atoms with E-state index in [1.165, 1.54) is 64.0 Å². The van der Waals surface area contributed by atoms with Crippen molar-refractivity contribution < 1.29 is 151 Å². The van der Waals surface area contributed by atoms with E-state index >= 15 is 0 Å². The molecule has 4 heterocycles. The Bertz CT molecular complexity index is 6330. The lowest BCUT2D eigenvalue weighted by molar-refractivity contribution is -0.156. The average molecular weight is 2010 g/mol. The van der Waals surface area contributed by atoms with Gasteiger partial charge in [-0.3, -0.25) is 77.4 Å². The van der Waals surface area contributed by atoms with Crippen LogP contribution in [0.4, 0.5) is 30.2 Å². The summed E-state index contributed by atoms with van der Waals surface area (Å²) in [6.45, 7) is 2.44. The summed E-state index contributed by atoms with van der Waals surface area (Å²) in [5.74, 6) is -0.868. The maximum absolute atomic E-state index is 13.2. The lowest BCUT2D eigenvalue weighted by Gasteiger charge is -2.17. The smallest absolute Gasteiger partial charge is 0.446 e. The van der Waals surface area contributed by atoms with Crippen molar-refractivity contribution in [2.75, 3.05) is 67.2 Å². The largest absolute Gasteiger partial charge is 0.496 e. The average Bonchev–Trinajstić information content (AvgIpc) is 1.59. The predicted octanol–water partition coefficient (Wildman–Crippen LogP) is 15.5. The number of aliphatic hydroxyl groups excluding tert-OH is 4. The van der Waals surface area contributed by atoms with Crippen molar-refractivity contribution in [1.29, 1.82) is 0 Å². The number of aromatic nitrogens is 3. The molecule has 3 atom stereocenters. The fraction of sp³-hybridized carbons (Fsp3) is 0.305. The number of halogens is 7. The van der Waals surface area contributed by atoms with Crippen LogP contribution in [-0.2, 0) is 96.1 Å². The minimum Gasteiger partial charge on any atom is -0.496 e. The third kappa shape index (κ3) is 29.2. The van der Waals surface area contributed by atoms with Crippen LogP contribution >= 0.6 is 12.1 Å². The standard InChI is InChI=1S/C36H35FN2O8.2C33H31FN2O8.C2HF3O.CH3FS/c1-35(2)44-20-26(47-35)21-45-39-34(42)28-18-27-29(19-31(28)43-3)38-15-12-30(27)46-25-10-6-23(7-11-25)17-33(41)36(13-14-36)32(40)16-22-4-8-24(37)9-5-22;2*1-42-29-17-27-25(16-26(29)32(41)36-43-19-23(38)18-37)28(10-13-35-27)44-24-8-4-21(5-9-24)15-31(40)33(11-12-33)30(39)14-20-2-6-22(34)7-3-20;3-2(4,5)1-6;1-3-2/h4-12,15,18-19,26H,13-14,16-17,20-21H2,1-3H3,(H,39,42);2*2-10,13,16-17,23,37-38H,11-12,14-15,18-19H2,1H3,(H,36,41);1H;1H3. The molecule has 3 aromatic heterocycles. The molecule has 756 valence electrons. The van der Waals surface area contributed by atoms with Gasteiger partial charge in [0.05, 0.1) is 90.6 Å². The van der Waals surface area contributed by atoms with E-state index in [1.54, 1.807) is 182 Å². The SMILES string of the molecule is COc1cc2nccc(Oc3ccc(CC(=O)C4(C(=O)Cc5ccc(F)cc5)CC4)cc3)c2cc1C(=O)NOCC(O)CO.COc1cc2nccc(Oc3ccc(CC(=O)C4(C(=O)Cc5ccc(F)cc5)CC4)cc3)c2cc1C(=O)NOCC(O)CO.COc1cc2nccc(Oc3ccc(CC(=O)C4(C(=O)Cc5ccc(F)cc5)CC4)cc3)c2cc1C(=O)NOCC1COC(C)(C)O1.CSF.O=CC(F)(F)F. The first kappa shape index (κ1) is 108. The van der Waals surface area contributed by atoms with Crippen LogP contribution in [0.25, 0.3) is 32.7 Å². The lowest BCUT2D eigenvalue weighted by atomic mass is 9.88. The van der Waals surface area contributed by atoms with Crippen molar-refractivity contribution >= 4 is 104 Å². The number of pyridine rings is 3. The highest BCUT2D eigenvalue weighted by atomic mass is 32.2. The number of amides is 3. The van der Waals surface area contributed by atoms with Gasteiger partial charge in [-0.05, 0) is 195 Å². The summed E-state index contributed by atoms with van der Waals surface area (Å²) in [6, 6.07) is 52.7. The van der Waals surface area contributed by atoms with Crippen LogP contribution in [0.2, 0.25) is 0 Å². The molecule has 1 aliphatic heterocycles. The second-order valence-electron chi connectivity index (χ2n) is 34.3. The number of carbonyl (C=O) groups excluding carboxylic acids is 10. The molecule has 1 saturated heterocycles. The van der Waals surface area contributed by atoms with Crippen LogP contribution in [0.3, 0.4) is 0 Å². The summed E-state index contributed by atoms with van der Waals surface area (Å²) < 4.78 is 127. The maximum atomic E-state index is 13.2. The number of hydrogen-bond donors (Lipinski definition) is 7. The number of hydroxylamine groups is 3. The van der Waals surface area contributed by atoms with Crippen molar-refractivity contribution in [2.45, 2.75) is 121 Å². The van der Waals surface area contributed by atoms with E-state index in [4.69, 9.17) is 67.4 Å². The molecule has 39 heteroatoms. The summed E-state index contributed by atoms with van der Waals surface area (Å²) in [5, 5.41) is 38.3. The first-order chi connectivity index (χ1) is 69.0. The van der Waals surface area contributed by atoms with Crippen LogP contribution in [0, 0.1) is 33.7 Å². The Balaban J connectivity index is 0.000000184. The minimum atomic E-state index is -4.64. The number of nitrogens with zero attached hydrogens (tertiary/aromatic N) is 3. The van der Waals surface area contributed by atoms with Gasteiger partial charge in [0.1, 0.15) is 107 Å². The molecular formula is C105H101F7N6O25S. The first-order valence-corrected chi connectivity index (χ1v) is 46.1. The fourth-order valence-electron chi connectivity index (χ4n) is 15.3. The van der Waals surface area contributed by atoms with E-state index in [1.807, 2.05) is 13.8 Å². The zero-order valence-electron chi connectivity index (χ0n) is 78.6. The Labute approximate surface area is 824 Å². The lowest BCUT2D eigenvalue weighted by Crippen LogP contribution is -2.30. The van der Waals surface area contributed by atoms with E-state index in [0.29, 0.717) is 135 Å². The first-order valence-electron chi connectivity index (χ1n) is 44.9. The summed E-state index contributed by atoms with van der Waals surface area (Å²) in [6.07, 6.45) is 1.50. The Morgan fingerprint density at radius 2 is 0.674 bits per heavy atom. The van der Waals surface area contributed by atoms with Gasteiger partial charge in [-0.1, -0.05) is 72.8 Å². The molecule has 0 spiro atoms. The van der Waals surface area contributed by atoms with Gasteiger partial charge in [-0.15, -0.1) is 0 Å². The molecule has 0 bridgehead atoms. The van der Waals surface area contributed by atoms with Crippen molar-refractivity contribution in [2.24, 2.45) is 16.2 Å². The van der Waals surface area contributed by atoms with Crippen LogP contribution in [-0.4, -0.2) is 192 Å². The van der Waals surface area contributed by atoms with Crippen molar-refractivity contribution in [1.82, 2.24) is 31.4 Å². The number of aldehydes is 1. The molecule has 31 nitrogen and oxygen atoms in total. The van der Waals surface area contributed by atoms with E-state index < -0.39 is 77.6 Å². The number of nitrogens with one attached hydrogen (secondary N) is 3. The zero-order chi connectivity index (χ0) is 104. The number of alkyl halides is 3. The van der Waals surface area contributed by atoms with Crippen molar-refractivity contribution in [3.8, 4) is 51.7 Å². The fourth-order valence-corrected chi connectivity index (χ4v) is 15.3. The van der Waals surface area contributed by atoms with Gasteiger partial charge in [0.25, 0.3) is 17.7 Å². The Morgan fingerprint density at radius 1 is 0.424 bits per heavy atom. The molecule has 3 saturated carbocycles. The second-order valence-corrected chi connectivity index (χ2v) is 34.6. The molecule has 12 aromatic rings. The maximum Gasteiger partial charge on any atom is 0.446 e. The van der Waals surface area contributed by atoms with Gasteiger partial charge in [0.2, 0.25) is 6.29 Å².